The summed E-state index contributed by atoms with van der Waals surface area (Å²) in [5.41, 5.74) is 4.23. The fraction of sp³-hybridized carbons (Fsp3) is 0.500. The molecule has 0 unspecified atom stereocenters. The van der Waals surface area contributed by atoms with Crippen molar-refractivity contribution in [3.63, 3.8) is 0 Å². The highest BCUT2D eigenvalue weighted by Crippen LogP contribution is 2.14. The lowest BCUT2D eigenvalue weighted by Crippen LogP contribution is -2.36. The van der Waals surface area contributed by atoms with Gasteiger partial charge in [0.25, 0.3) is 0 Å². The molecule has 0 aromatic carbocycles. The van der Waals surface area contributed by atoms with E-state index in [-0.39, 0.29) is 5.91 Å². The maximum atomic E-state index is 12.6. The van der Waals surface area contributed by atoms with Crippen LogP contribution >= 0.6 is 0 Å². The number of aryl methyl sites for hydroxylation is 2. The summed E-state index contributed by atoms with van der Waals surface area (Å²) in [6.45, 7) is 8.41. The molecule has 3 heterocycles. The highest BCUT2D eigenvalue weighted by atomic mass is 16.2. The van der Waals surface area contributed by atoms with Crippen molar-refractivity contribution >= 4 is 5.91 Å². The molecule has 1 aliphatic heterocycles. The molecule has 24 heavy (non-hydrogen) atoms. The van der Waals surface area contributed by atoms with E-state index in [0.29, 0.717) is 6.42 Å². The minimum atomic E-state index is 0.202. The van der Waals surface area contributed by atoms with E-state index in [1.165, 1.54) is 5.56 Å². The number of nitrogens with one attached hydrogen (secondary N) is 1. The summed E-state index contributed by atoms with van der Waals surface area (Å²) in [5, 5.41) is 7.14. The molecule has 1 saturated heterocycles. The topological polar surface area (TPSA) is 65.1 Å². The number of carbonyl (C=O) groups excluding carboxylic acids is 1. The summed E-state index contributed by atoms with van der Waals surface area (Å²) >= 11 is 0. The molecule has 0 aliphatic carbocycles. The van der Waals surface area contributed by atoms with E-state index >= 15 is 0 Å². The van der Waals surface area contributed by atoms with Crippen molar-refractivity contribution in [2.75, 3.05) is 26.2 Å². The Morgan fingerprint density at radius 2 is 1.96 bits per heavy atom. The van der Waals surface area contributed by atoms with Gasteiger partial charge < -0.3 is 4.90 Å². The molecule has 0 atom stereocenters. The van der Waals surface area contributed by atoms with Crippen molar-refractivity contribution in [3.05, 3.63) is 47.0 Å². The van der Waals surface area contributed by atoms with E-state index in [1.54, 1.807) is 0 Å². The number of aromatic nitrogens is 3. The molecule has 6 heteroatoms. The number of amides is 1. The van der Waals surface area contributed by atoms with Crippen LogP contribution in [-0.4, -0.2) is 57.1 Å². The van der Waals surface area contributed by atoms with E-state index in [9.17, 15) is 4.79 Å². The first-order valence-electron chi connectivity index (χ1n) is 8.53. The zero-order valence-electron chi connectivity index (χ0n) is 14.5. The number of pyridine rings is 1. The van der Waals surface area contributed by atoms with Gasteiger partial charge in [-0.25, -0.2) is 0 Å². The predicted octanol–water partition coefficient (Wildman–Crippen LogP) is 1.70. The Balaban J connectivity index is 1.56. The van der Waals surface area contributed by atoms with Gasteiger partial charge in [-0.2, -0.15) is 5.10 Å². The third-order valence-electron chi connectivity index (χ3n) is 4.71. The molecule has 6 nitrogen and oxygen atoms in total. The Labute approximate surface area is 142 Å². The van der Waals surface area contributed by atoms with E-state index in [1.807, 2.05) is 31.1 Å². The Kier molecular flexibility index (Phi) is 5.25. The summed E-state index contributed by atoms with van der Waals surface area (Å²) in [6.07, 6.45) is 5.12. The maximum absolute atomic E-state index is 12.6. The highest BCUT2D eigenvalue weighted by molar-refractivity contribution is 5.79. The van der Waals surface area contributed by atoms with Crippen LogP contribution in [0.4, 0.5) is 0 Å². The van der Waals surface area contributed by atoms with E-state index in [0.717, 1.165) is 56.1 Å². The van der Waals surface area contributed by atoms with Crippen LogP contribution in [0, 0.1) is 13.8 Å². The highest BCUT2D eigenvalue weighted by Gasteiger charge is 2.21. The number of rotatable bonds is 4. The van der Waals surface area contributed by atoms with Gasteiger partial charge in [0, 0.05) is 56.4 Å². The molecular weight excluding hydrogens is 302 g/mol. The zero-order chi connectivity index (χ0) is 16.9. The fourth-order valence-electron chi connectivity index (χ4n) is 3.22. The normalized spacial score (nSPS) is 16.2. The molecule has 2 aromatic rings. The number of hydrogen-bond acceptors (Lipinski definition) is 4. The Morgan fingerprint density at radius 1 is 1.17 bits per heavy atom. The van der Waals surface area contributed by atoms with E-state index in [4.69, 9.17) is 0 Å². The van der Waals surface area contributed by atoms with Crippen molar-refractivity contribution < 1.29 is 4.79 Å². The van der Waals surface area contributed by atoms with Gasteiger partial charge in [-0.3, -0.25) is 19.8 Å². The van der Waals surface area contributed by atoms with Gasteiger partial charge in [0.15, 0.2) is 0 Å². The van der Waals surface area contributed by atoms with Gasteiger partial charge in [-0.05, 0) is 38.0 Å². The molecule has 0 radical (unpaired) electrons. The lowest BCUT2D eigenvalue weighted by atomic mass is 10.1. The minimum absolute atomic E-state index is 0.202. The molecule has 0 spiro atoms. The third kappa shape index (κ3) is 4.00. The van der Waals surface area contributed by atoms with Crippen LogP contribution in [-0.2, 0) is 17.8 Å². The average molecular weight is 327 g/mol. The van der Waals surface area contributed by atoms with Crippen LogP contribution in [0.2, 0.25) is 0 Å². The maximum Gasteiger partial charge on any atom is 0.227 e. The van der Waals surface area contributed by atoms with Gasteiger partial charge in [0.2, 0.25) is 5.91 Å². The van der Waals surface area contributed by atoms with Crippen molar-refractivity contribution in [2.45, 2.75) is 33.2 Å². The number of carbonyl (C=O) groups is 1. The van der Waals surface area contributed by atoms with Crippen molar-refractivity contribution in [1.82, 2.24) is 25.0 Å². The third-order valence-corrected chi connectivity index (χ3v) is 4.71. The molecular formula is C18H25N5O. The molecule has 1 aliphatic rings. The molecule has 1 amide bonds. The molecule has 1 N–H and O–H groups in total. The van der Waals surface area contributed by atoms with E-state index < -0.39 is 0 Å². The van der Waals surface area contributed by atoms with Crippen LogP contribution < -0.4 is 0 Å². The number of aromatic amines is 1. The summed E-state index contributed by atoms with van der Waals surface area (Å²) in [6, 6.07) is 4.11. The second-order valence-corrected chi connectivity index (χ2v) is 6.46. The molecule has 3 rings (SSSR count). The van der Waals surface area contributed by atoms with Crippen molar-refractivity contribution in [3.8, 4) is 0 Å². The first kappa shape index (κ1) is 16.6. The molecule has 128 valence electrons. The van der Waals surface area contributed by atoms with Crippen LogP contribution in [0.3, 0.4) is 0 Å². The second kappa shape index (κ2) is 7.57. The van der Waals surface area contributed by atoms with Crippen LogP contribution in [0.15, 0.2) is 24.5 Å². The molecule has 1 fully saturated rings. The number of H-pyrrole nitrogens is 1. The van der Waals surface area contributed by atoms with Gasteiger partial charge in [-0.15, -0.1) is 0 Å². The first-order chi connectivity index (χ1) is 11.6. The summed E-state index contributed by atoms with van der Waals surface area (Å²) < 4.78 is 0. The second-order valence-electron chi connectivity index (χ2n) is 6.46. The lowest BCUT2D eigenvalue weighted by Gasteiger charge is -2.22. The largest absolute Gasteiger partial charge is 0.341 e. The summed E-state index contributed by atoms with van der Waals surface area (Å²) in [4.78, 5) is 21.1. The lowest BCUT2D eigenvalue weighted by molar-refractivity contribution is -0.130. The smallest absolute Gasteiger partial charge is 0.227 e. The van der Waals surface area contributed by atoms with Gasteiger partial charge in [0.05, 0.1) is 12.1 Å². The Morgan fingerprint density at radius 3 is 2.67 bits per heavy atom. The predicted molar refractivity (Wildman–Crippen MR) is 92.5 cm³/mol. The van der Waals surface area contributed by atoms with Gasteiger partial charge >= 0.3 is 0 Å². The van der Waals surface area contributed by atoms with Gasteiger partial charge in [-0.1, -0.05) is 0 Å². The van der Waals surface area contributed by atoms with Crippen LogP contribution in [0.25, 0.3) is 0 Å². The van der Waals surface area contributed by atoms with E-state index in [2.05, 4.69) is 32.2 Å². The fourth-order valence-corrected chi connectivity index (χ4v) is 3.22. The van der Waals surface area contributed by atoms with Crippen LogP contribution in [0.1, 0.15) is 28.9 Å². The summed E-state index contributed by atoms with van der Waals surface area (Å²) in [5.74, 6) is 0.202. The standard InChI is InChI=1S/C18H25N5O/c1-14-17(15(2)21-20-14)12-18(24)23-9-3-8-22(10-11-23)13-16-4-6-19-7-5-16/h4-7H,3,8-13H2,1-2H3,(H,20,21). The number of nitrogens with zero attached hydrogens (tertiary/aromatic N) is 4. The average Bonchev–Trinajstić information content (AvgIpc) is 2.79. The zero-order valence-corrected chi connectivity index (χ0v) is 14.5. The first-order valence-corrected chi connectivity index (χ1v) is 8.53. The monoisotopic (exact) mass is 327 g/mol. The molecule has 0 saturated carbocycles. The molecule has 0 bridgehead atoms. The summed E-state index contributed by atoms with van der Waals surface area (Å²) in [7, 11) is 0. The Bertz CT molecular complexity index is 662. The number of hydrogen-bond donors (Lipinski definition) is 1. The minimum Gasteiger partial charge on any atom is -0.341 e. The van der Waals surface area contributed by atoms with Crippen LogP contribution in [0.5, 0.6) is 0 Å². The van der Waals surface area contributed by atoms with Gasteiger partial charge in [0.1, 0.15) is 0 Å². The molecule has 2 aromatic heterocycles. The quantitative estimate of drug-likeness (QED) is 0.928. The van der Waals surface area contributed by atoms with Crippen molar-refractivity contribution in [1.29, 1.82) is 0 Å². The SMILES string of the molecule is Cc1n[nH]c(C)c1CC(=O)N1CCCN(Cc2ccncc2)CC1. The Hall–Kier alpha value is -2.21. The van der Waals surface area contributed by atoms with Crippen molar-refractivity contribution in [2.24, 2.45) is 0 Å².